The van der Waals surface area contributed by atoms with Crippen molar-refractivity contribution in [2.75, 3.05) is 26.1 Å². The van der Waals surface area contributed by atoms with E-state index >= 15 is 0 Å². The summed E-state index contributed by atoms with van der Waals surface area (Å²) in [5.74, 6) is 1.19. The molecule has 0 saturated carbocycles. The number of methoxy groups -OCH3 is 1. The summed E-state index contributed by atoms with van der Waals surface area (Å²) in [4.78, 5) is 9.92. The van der Waals surface area contributed by atoms with E-state index in [0.717, 1.165) is 49.4 Å². The predicted molar refractivity (Wildman–Crippen MR) is 120 cm³/mol. The smallest absolute Gasteiger partial charge is 0.135 e. The van der Waals surface area contributed by atoms with E-state index in [1.54, 1.807) is 7.11 Å². The molecular formula is C22H29BrN4O. The quantitative estimate of drug-likeness (QED) is 0.517. The number of ether oxygens (including phenoxy) is 1. The van der Waals surface area contributed by atoms with Crippen LogP contribution in [0.25, 0.3) is 22.3 Å². The number of pyridine rings is 2. The summed E-state index contributed by atoms with van der Waals surface area (Å²) in [5.41, 5.74) is 7.46. The molecule has 1 atom stereocenters. The molecule has 0 aliphatic carbocycles. The number of nitrogens with zero attached hydrogens (tertiary/aromatic N) is 3. The molecule has 0 aliphatic heterocycles. The van der Waals surface area contributed by atoms with Crippen LogP contribution >= 0.6 is 15.9 Å². The van der Waals surface area contributed by atoms with Gasteiger partial charge in [0.25, 0.3) is 0 Å². The van der Waals surface area contributed by atoms with Gasteiger partial charge in [-0.25, -0.2) is 9.97 Å². The molecule has 0 amide bonds. The lowest BCUT2D eigenvalue weighted by Crippen LogP contribution is -2.10. The SMILES string of the molecule is CNc1nc(C(C)C)c(Br)cc1-c1nc2c(C)cn(C(C)COC)c2cc1C. The van der Waals surface area contributed by atoms with Gasteiger partial charge < -0.3 is 14.6 Å². The molecular weight excluding hydrogens is 416 g/mol. The van der Waals surface area contributed by atoms with Gasteiger partial charge in [-0.1, -0.05) is 13.8 Å². The van der Waals surface area contributed by atoms with Crippen molar-refractivity contribution in [2.45, 2.75) is 46.6 Å². The Labute approximate surface area is 175 Å². The second-order valence-corrected chi connectivity index (χ2v) is 8.56. The van der Waals surface area contributed by atoms with Crippen LogP contribution in [-0.2, 0) is 4.74 Å². The summed E-state index contributed by atoms with van der Waals surface area (Å²) in [5, 5.41) is 3.25. The number of hydrogen-bond acceptors (Lipinski definition) is 4. The predicted octanol–water partition coefficient (Wildman–Crippen LogP) is 5.85. The number of aromatic nitrogens is 3. The van der Waals surface area contributed by atoms with Gasteiger partial charge >= 0.3 is 0 Å². The van der Waals surface area contributed by atoms with Crippen molar-refractivity contribution in [3.63, 3.8) is 0 Å². The molecule has 0 spiro atoms. The Bertz CT molecular complexity index is 1010. The molecule has 1 unspecified atom stereocenters. The van der Waals surface area contributed by atoms with Crippen LogP contribution in [0.1, 0.15) is 49.6 Å². The Kier molecular flexibility index (Phi) is 6.10. The number of halogens is 1. The molecule has 5 nitrogen and oxygen atoms in total. The fourth-order valence-corrected chi connectivity index (χ4v) is 4.44. The van der Waals surface area contributed by atoms with Crippen LogP contribution in [0.4, 0.5) is 5.82 Å². The summed E-state index contributed by atoms with van der Waals surface area (Å²) >= 11 is 3.70. The van der Waals surface area contributed by atoms with E-state index in [0.29, 0.717) is 12.5 Å². The largest absolute Gasteiger partial charge is 0.383 e. The third-order valence-electron chi connectivity index (χ3n) is 5.10. The van der Waals surface area contributed by atoms with E-state index in [1.165, 1.54) is 0 Å². The van der Waals surface area contributed by atoms with E-state index in [9.17, 15) is 0 Å². The first-order chi connectivity index (χ1) is 13.3. The van der Waals surface area contributed by atoms with Gasteiger partial charge in [-0.3, -0.25) is 0 Å². The van der Waals surface area contributed by atoms with E-state index in [4.69, 9.17) is 14.7 Å². The van der Waals surface area contributed by atoms with Crippen molar-refractivity contribution < 1.29 is 4.74 Å². The maximum atomic E-state index is 5.35. The number of fused-ring (bicyclic) bond motifs is 1. The van der Waals surface area contributed by atoms with Crippen LogP contribution in [-0.4, -0.2) is 35.3 Å². The van der Waals surface area contributed by atoms with Crippen LogP contribution in [0.2, 0.25) is 0 Å². The molecule has 0 saturated heterocycles. The maximum absolute atomic E-state index is 5.35. The lowest BCUT2D eigenvalue weighted by atomic mass is 10.0. The van der Waals surface area contributed by atoms with Crippen molar-refractivity contribution in [2.24, 2.45) is 0 Å². The minimum absolute atomic E-state index is 0.252. The number of hydrogen-bond donors (Lipinski definition) is 1. The van der Waals surface area contributed by atoms with Gasteiger partial charge in [-0.2, -0.15) is 0 Å². The molecule has 3 heterocycles. The van der Waals surface area contributed by atoms with Gasteiger partial charge in [0.15, 0.2) is 0 Å². The summed E-state index contributed by atoms with van der Waals surface area (Å²) in [6, 6.07) is 4.61. The van der Waals surface area contributed by atoms with E-state index < -0.39 is 0 Å². The molecule has 0 radical (unpaired) electrons. The molecule has 1 N–H and O–H groups in total. The molecule has 28 heavy (non-hydrogen) atoms. The number of rotatable bonds is 6. The van der Waals surface area contributed by atoms with Gasteiger partial charge in [-0.05, 0) is 65.9 Å². The number of anilines is 1. The Hall–Kier alpha value is -1.92. The molecule has 0 fully saturated rings. The lowest BCUT2D eigenvalue weighted by molar-refractivity contribution is 0.164. The summed E-state index contributed by atoms with van der Waals surface area (Å²) in [6.45, 7) is 11.3. The Balaban J connectivity index is 2.21. The minimum Gasteiger partial charge on any atom is -0.383 e. The van der Waals surface area contributed by atoms with Crippen molar-refractivity contribution in [1.29, 1.82) is 0 Å². The standard InChI is InChI=1S/C22H29BrN4O/c1-12(2)19-17(23)9-16(22(24-6)26-19)20-13(3)8-18-21(25-20)14(4)10-27(18)15(5)11-28-7/h8-10,12,15H,11H2,1-7H3,(H,24,26). The van der Waals surface area contributed by atoms with Gasteiger partial charge in [0.2, 0.25) is 0 Å². The molecule has 0 bridgehead atoms. The van der Waals surface area contributed by atoms with E-state index in [-0.39, 0.29) is 6.04 Å². The Morgan fingerprint density at radius 3 is 2.46 bits per heavy atom. The highest BCUT2D eigenvalue weighted by Gasteiger charge is 2.19. The highest BCUT2D eigenvalue weighted by Crippen LogP contribution is 2.36. The topological polar surface area (TPSA) is 52.0 Å². The van der Waals surface area contributed by atoms with E-state index in [1.807, 2.05) is 7.05 Å². The summed E-state index contributed by atoms with van der Waals surface area (Å²) < 4.78 is 8.62. The first-order valence-electron chi connectivity index (χ1n) is 9.64. The van der Waals surface area contributed by atoms with Crippen molar-refractivity contribution in [3.8, 4) is 11.3 Å². The third kappa shape index (κ3) is 3.67. The molecule has 3 aromatic heterocycles. The zero-order valence-corrected chi connectivity index (χ0v) is 19.3. The monoisotopic (exact) mass is 444 g/mol. The van der Waals surface area contributed by atoms with Gasteiger partial charge in [0, 0.05) is 30.4 Å². The molecule has 0 aliphatic rings. The Morgan fingerprint density at radius 2 is 1.86 bits per heavy atom. The first-order valence-corrected chi connectivity index (χ1v) is 10.4. The van der Waals surface area contributed by atoms with Crippen LogP contribution in [0, 0.1) is 13.8 Å². The van der Waals surface area contributed by atoms with Crippen LogP contribution in [0.5, 0.6) is 0 Å². The van der Waals surface area contributed by atoms with Gasteiger partial charge in [0.05, 0.1) is 35.1 Å². The average Bonchev–Trinajstić information content (AvgIpc) is 2.96. The molecule has 0 aromatic carbocycles. The average molecular weight is 445 g/mol. The fourth-order valence-electron chi connectivity index (χ4n) is 3.66. The normalized spacial score (nSPS) is 12.8. The first kappa shape index (κ1) is 20.8. The highest BCUT2D eigenvalue weighted by atomic mass is 79.9. The van der Waals surface area contributed by atoms with Gasteiger partial charge in [-0.15, -0.1) is 0 Å². The number of nitrogens with one attached hydrogen (secondary N) is 1. The van der Waals surface area contributed by atoms with Crippen LogP contribution in [0.15, 0.2) is 22.8 Å². The van der Waals surface area contributed by atoms with Crippen molar-refractivity contribution in [1.82, 2.24) is 14.5 Å². The molecule has 3 aromatic rings. The lowest BCUT2D eigenvalue weighted by Gasteiger charge is -2.17. The van der Waals surface area contributed by atoms with E-state index in [2.05, 4.69) is 78.8 Å². The second-order valence-electron chi connectivity index (χ2n) is 7.70. The molecule has 3 rings (SSSR count). The maximum Gasteiger partial charge on any atom is 0.135 e. The third-order valence-corrected chi connectivity index (χ3v) is 5.74. The fraction of sp³-hybridized carbons (Fsp3) is 0.455. The summed E-state index contributed by atoms with van der Waals surface area (Å²) in [7, 11) is 3.65. The number of aryl methyl sites for hydroxylation is 2. The van der Waals surface area contributed by atoms with Crippen LogP contribution in [0.3, 0.4) is 0 Å². The van der Waals surface area contributed by atoms with Crippen molar-refractivity contribution >= 4 is 32.8 Å². The molecule has 6 heteroatoms. The zero-order chi connectivity index (χ0) is 20.6. The van der Waals surface area contributed by atoms with Crippen molar-refractivity contribution in [3.05, 3.63) is 39.6 Å². The Morgan fingerprint density at radius 1 is 1.14 bits per heavy atom. The minimum atomic E-state index is 0.252. The highest BCUT2D eigenvalue weighted by molar-refractivity contribution is 9.10. The second kappa shape index (κ2) is 8.21. The van der Waals surface area contributed by atoms with Gasteiger partial charge in [0.1, 0.15) is 5.82 Å². The zero-order valence-electron chi connectivity index (χ0n) is 17.7. The summed E-state index contributed by atoms with van der Waals surface area (Å²) in [6.07, 6.45) is 2.17. The molecule has 150 valence electrons. The van der Waals surface area contributed by atoms with Crippen LogP contribution < -0.4 is 5.32 Å².